The first-order valence-electron chi connectivity index (χ1n) is 9.71. The molecule has 7 atom stereocenters. The van der Waals surface area contributed by atoms with Crippen LogP contribution in [0.4, 0.5) is 0 Å². The molecule has 3 heteroatoms. The van der Waals surface area contributed by atoms with Crippen molar-refractivity contribution in [3.63, 3.8) is 0 Å². The molecule has 0 aromatic rings. The van der Waals surface area contributed by atoms with Crippen LogP contribution in [0.15, 0.2) is 11.6 Å². The van der Waals surface area contributed by atoms with Crippen LogP contribution in [0.25, 0.3) is 0 Å². The van der Waals surface area contributed by atoms with E-state index in [-0.39, 0.29) is 29.0 Å². The molecule has 0 heterocycles. The first kappa shape index (κ1) is 16.5. The molecule has 4 aliphatic carbocycles. The number of hydrogen-bond donors (Lipinski definition) is 1. The number of rotatable bonds is 1. The van der Waals surface area contributed by atoms with Gasteiger partial charge in [0.25, 0.3) is 0 Å². The van der Waals surface area contributed by atoms with Gasteiger partial charge in [0.05, 0.1) is 6.10 Å². The van der Waals surface area contributed by atoms with E-state index in [1.54, 1.807) is 6.92 Å². The van der Waals surface area contributed by atoms with Gasteiger partial charge < -0.3 is 5.11 Å². The fourth-order valence-corrected chi connectivity index (χ4v) is 7.28. The molecule has 1 N–H and O–H groups in total. The summed E-state index contributed by atoms with van der Waals surface area (Å²) in [7, 11) is 0. The number of ketones is 2. The predicted octanol–water partition coefficient (Wildman–Crippen LogP) is 3.69. The summed E-state index contributed by atoms with van der Waals surface area (Å²) in [5, 5.41) is 10.8. The third-order valence-corrected chi connectivity index (χ3v) is 8.56. The SMILES string of the molecule is CC(=O)[C@@H]1CC[C@@H]2[C@H]3CCC4=CC(=O)C[C@H](O)[C@]4(C)[C@@H]3CC[C@]21C. The maximum absolute atomic E-state index is 12.2. The van der Waals surface area contributed by atoms with E-state index in [9.17, 15) is 14.7 Å². The highest BCUT2D eigenvalue weighted by Gasteiger charge is 2.61. The van der Waals surface area contributed by atoms with E-state index in [0.717, 1.165) is 38.5 Å². The minimum absolute atomic E-state index is 0.0894. The smallest absolute Gasteiger partial charge is 0.158 e. The lowest BCUT2D eigenvalue weighted by Crippen LogP contribution is -2.55. The van der Waals surface area contributed by atoms with E-state index < -0.39 is 6.10 Å². The van der Waals surface area contributed by atoms with Crippen molar-refractivity contribution in [2.45, 2.75) is 71.8 Å². The summed E-state index contributed by atoms with van der Waals surface area (Å²) >= 11 is 0. The first-order chi connectivity index (χ1) is 11.3. The summed E-state index contributed by atoms with van der Waals surface area (Å²) in [5.41, 5.74) is 1.11. The van der Waals surface area contributed by atoms with Crippen LogP contribution in [-0.4, -0.2) is 22.8 Å². The number of hydrogen-bond acceptors (Lipinski definition) is 3. The molecule has 3 nitrogen and oxygen atoms in total. The fourth-order valence-electron chi connectivity index (χ4n) is 7.28. The molecule has 0 amide bonds. The van der Waals surface area contributed by atoms with Crippen LogP contribution >= 0.6 is 0 Å². The highest BCUT2D eigenvalue weighted by Crippen LogP contribution is 2.66. The van der Waals surface area contributed by atoms with Gasteiger partial charge in [0.2, 0.25) is 0 Å². The van der Waals surface area contributed by atoms with Crippen molar-refractivity contribution in [1.29, 1.82) is 0 Å². The van der Waals surface area contributed by atoms with Gasteiger partial charge in [0.1, 0.15) is 5.78 Å². The van der Waals surface area contributed by atoms with Gasteiger partial charge in [-0.05, 0) is 74.7 Å². The van der Waals surface area contributed by atoms with E-state index in [0.29, 0.717) is 23.5 Å². The third-order valence-electron chi connectivity index (χ3n) is 8.56. The zero-order valence-electron chi connectivity index (χ0n) is 15.2. The molecule has 4 rings (SSSR count). The normalized spacial score (nSPS) is 50.6. The van der Waals surface area contributed by atoms with Crippen LogP contribution in [-0.2, 0) is 9.59 Å². The molecule has 132 valence electrons. The van der Waals surface area contributed by atoms with Crippen molar-refractivity contribution >= 4 is 11.6 Å². The lowest BCUT2D eigenvalue weighted by molar-refractivity contribution is -0.134. The minimum atomic E-state index is -0.535. The Balaban J connectivity index is 1.70. The molecule has 0 spiro atoms. The van der Waals surface area contributed by atoms with Crippen molar-refractivity contribution in [3.05, 3.63) is 11.6 Å². The number of fused-ring (bicyclic) bond motifs is 5. The van der Waals surface area contributed by atoms with Crippen molar-refractivity contribution in [3.8, 4) is 0 Å². The minimum Gasteiger partial charge on any atom is -0.392 e. The zero-order chi connectivity index (χ0) is 17.3. The van der Waals surface area contributed by atoms with Crippen molar-refractivity contribution < 1.29 is 14.7 Å². The van der Waals surface area contributed by atoms with Gasteiger partial charge >= 0.3 is 0 Å². The van der Waals surface area contributed by atoms with Crippen LogP contribution < -0.4 is 0 Å². The second-order valence-electron chi connectivity index (χ2n) is 9.34. The van der Waals surface area contributed by atoms with Gasteiger partial charge in [-0.3, -0.25) is 9.59 Å². The second-order valence-corrected chi connectivity index (χ2v) is 9.34. The molecule has 0 radical (unpaired) electrons. The average molecular weight is 330 g/mol. The average Bonchev–Trinajstić information content (AvgIpc) is 2.86. The van der Waals surface area contributed by atoms with E-state index in [1.165, 1.54) is 5.57 Å². The molecule has 3 fully saturated rings. The van der Waals surface area contributed by atoms with Crippen molar-refractivity contribution in [2.75, 3.05) is 0 Å². The van der Waals surface area contributed by atoms with E-state index >= 15 is 0 Å². The Labute approximate surface area is 144 Å². The van der Waals surface area contributed by atoms with E-state index in [4.69, 9.17) is 0 Å². The monoisotopic (exact) mass is 330 g/mol. The summed E-state index contributed by atoms with van der Waals surface area (Å²) < 4.78 is 0. The molecule has 0 unspecified atom stereocenters. The molecular weight excluding hydrogens is 300 g/mol. The summed E-state index contributed by atoms with van der Waals surface area (Å²) in [5.74, 6) is 2.35. The predicted molar refractivity (Wildman–Crippen MR) is 92.3 cm³/mol. The number of aliphatic hydroxyl groups excluding tert-OH is 1. The molecule has 0 aromatic carbocycles. The Morgan fingerprint density at radius 2 is 1.92 bits per heavy atom. The molecule has 4 aliphatic rings. The summed E-state index contributed by atoms with van der Waals surface area (Å²) in [6.45, 7) is 6.32. The standard InChI is InChI=1S/C21H30O3/c1-12(22)16-6-7-17-15-5-4-13-10-14(23)11-19(24)21(13,3)18(15)8-9-20(16,17)2/h10,15-19,24H,4-9,11H2,1-3H3/t15-,16+,17-,18-,19+,20+,21+/m1/s1. The molecule has 0 aromatic heterocycles. The van der Waals surface area contributed by atoms with E-state index in [1.807, 2.05) is 6.08 Å². The Bertz CT molecular complexity index is 621. The lowest BCUT2D eigenvalue weighted by Gasteiger charge is -2.59. The molecule has 24 heavy (non-hydrogen) atoms. The molecule has 3 saturated carbocycles. The number of carbonyl (C=O) groups excluding carboxylic acids is 2. The summed E-state index contributed by atoms with van der Waals surface area (Å²) in [6.07, 6.45) is 8.02. The van der Waals surface area contributed by atoms with Crippen LogP contribution in [0.1, 0.15) is 65.7 Å². The summed E-state index contributed by atoms with van der Waals surface area (Å²) in [4.78, 5) is 24.1. The molecule has 0 aliphatic heterocycles. The lowest BCUT2D eigenvalue weighted by atomic mass is 9.46. The number of aliphatic hydroxyl groups is 1. The third kappa shape index (κ3) is 2.00. The zero-order valence-corrected chi connectivity index (χ0v) is 15.2. The van der Waals surface area contributed by atoms with Crippen LogP contribution in [0, 0.1) is 34.5 Å². The fraction of sp³-hybridized carbons (Fsp3) is 0.810. The topological polar surface area (TPSA) is 54.4 Å². The maximum Gasteiger partial charge on any atom is 0.158 e. The van der Waals surface area contributed by atoms with Crippen LogP contribution in [0.5, 0.6) is 0 Å². The number of Topliss-reactive ketones (excluding diaryl/α,β-unsaturated/α-hetero) is 1. The number of carbonyl (C=O) groups is 2. The quantitative estimate of drug-likeness (QED) is 0.797. The largest absolute Gasteiger partial charge is 0.392 e. The Morgan fingerprint density at radius 1 is 1.17 bits per heavy atom. The molecular formula is C21H30O3. The van der Waals surface area contributed by atoms with Gasteiger partial charge in [-0.1, -0.05) is 19.4 Å². The first-order valence-corrected chi connectivity index (χ1v) is 9.71. The van der Waals surface area contributed by atoms with Gasteiger partial charge in [-0.2, -0.15) is 0 Å². The van der Waals surface area contributed by atoms with Crippen molar-refractivity contribution in [1.82, 2.24) is 0 Å². The van der Waals surface area contributed by atoms with Crippen LogP contribution in [0.2, 0.25) is 0 Å². The van der Waals surface area contributed by atoms with Gasteiger partial charge in [-0.25, -0.2) is 0 Å². The van der Waals surface area contributed by atoms with Crippen molar-refractivity contribution in [2.24, 2.45) is 34.5 Å². The Hall–Kier alpha value is -0.960. The van der Waals surface area contributed by atoms with Gasteiger partial charge in [0.15, 0.2) is 5.78 Å². The van der Waals surface area contributed by atoms with Gasteiger partial charge in [0, 0.05) is 17.8 Å². The highest BCUT2D eigenvalue weighted by atomic mass is 16.3. The molecule has 0 saturated heterocycles. The second kappa shape index (κ2) is 5.27. The van der Waals surface area contributed by atoms with Crippen LogP contribution in [0.3, 0.4) is 0 Å². The highest BCUT2D eigenvalue weighted by molar-refractivity contribution is 5.92. The molecule has 0 bridgehead atoms. The van der Waals surface area contributed by atoms with E-state index in [2.05, 4.69) is 13.8 Å². The summed E-state index contributed by atoms with van der Waals surface area (Å²) in [6, 6.07) is 0. The van der Waals surface area contributed by atoms with Gasteiger partial charge in [-0.15, -0.1) is 0 Å². The Kier molecular flexibility index (Phi) is 3.62. The maximum atomic E-state index is 12.2. The Morgan fingerprint density at radius 3 is 2.62 bits per heavy atom.